The fraction of sp³-hybridized carbons (Fsp3) is 1.00. The SMILES string of the molecule is CCC1(C)CCN(S(=O)(=O)N(C)CCCCl)CC1. The third kappa shape index (κ3) is 3.83. The van der Waals surface area contributed by atoms with Crippen molar-refractivity contribution in [2.45, 2.75) is 39.5 Å². The molecule has 0 N–H and O–H groups in total. The monoisotopic (exact) mass is 296 g/mol. The molecule has 0 atom stereocenters. The topological polar surface area (TPSA) is 40.6 Å². The Morgan fingerprint density at radius 2 is 1.89 bits per heavy atom. The standard InChI is InChI=1S/C12H25ClN2O2S/c1-4-12(2)6-10-15(11-7-12)18(16,17)14(3)9-5-8-13/h4-11H2,1-3H3. The zero-order valence-corrected chi connectivity index (χ0v) is 13.2. The summed E-state index contributed by atoms with van der Waals surface area (Å²) < 4.78 is 27.6. The minimum Gasteiger partial charge on any atom is -0.195 e. The number of alkyl halides is 1. The first-order valence-electron chi connectivity index (χ1n) is 6.63. The van der Waals surface area contributed by atoms with Gasteiger partial charge in [0.25, 0.3) is 10.2 Å². The molecule has 1 rings (SSSR count). The first-order valence-corrected chi connectivity index (χ1v) is 8.56. The second-order valence-electron chi connectivity index (χ2n) is 5.44. The predicted octanol–water partition coefficient (Wildman–Crippen LogP) is 2.30. The summed E-state index contributed by atoms with van der Waals surface area (Å²) in [4.78, 5) is 0. The van der Waals surface area contributed by atoms with E-state index in [0.717, 1.165) is 19.3 Å². The Morgan fingerprint density at radius 1 is 1.33 bits per heavy atom. The van der Waals surface area contributed by atoms with Crippen molar-refractivity contribution >= 4 is 21.8 Å². The highest BCUT2D eigenvalue weighted by molar-refractivity contribution is 7.86. The lowest BCUT2D eigenvalue weighted by Gasteiger charge is -2.39. The third-order valence-corrected chi connectivity index (χ3v) is 6.37. The summed E-state index contributed by atoms with van der Waals surface area (Å²) in [5.74, 6) is 0.494. The highest BCUT2D eigenvalue weighted by atomic mass is 35.5. The van der Waals surface area contributed by atoms with Crippen LogP contribution in [-0.2, 0) is 10.2 Å². The van der Waals surface area contributed by atoms with Gasteiger partial charge in [0.05, 0.1) is 0 Å². The predicted molar refractivity (Wildman–Crippen MR) is 76.1 cm³/mol. The molecule has 0 aromatic heterocycles. The first-order chi connectivity index (χ1) is 8.35. The van der Waals surface area contributed by atoms with Crippen LogP contribution in [0.4, 0.5) is 0 Å². The molecule has 4 nitrogen and oxygen atoms in total. The van der Waals surface area contributed by atoms with Crippen molar-refractivity contribution in [2.75, 3.05) is 32.6 Å². The Labute approximate surface area is 116 Å². The molecule has 0 amide bonds. The van der Waals surface area contributed by atoms with Crippen molar-refractivity contribution in [3.63, 3.8) is 0 Å². The maximum atomic E-state index is 12.3. The van der Waals surface area contributed by atoms with Crippen molar-refractivity contribution in [2.24, 2.45) is 5.41 Å². The van der Waals surface area contributed by atoms with Gasteiger partial charge in [-0.1, -0.05) is 20.3 Å². The lowest BCUT2D eigenvalue weighted by atomic mass is 9.79. The summed E-state index contributed by atoms with van der Waals surface area (Å²) in [6.45, 7) is 6.19. The zero-order valence-electron chi connectivity index (χ0n) is 11.7. The van der Waals surface area contributed by atoms with Crippen LogP contribution >= 0.6 is 11.6 Å². The van der Waals surface area contributed by atoms with Gasteiger partial charge < -0.3 is 0 Å². The van der Waals surface area contributed by atoms with Crippen LogP contribution in [0, 0.1) is 5.41 Å². The summed E-state index contributed by atoms with van der Waals surface area (Å²) in [5.41, 5.74) is 0.306. The summed E-state index contributed by atoms with van der Waals surface area (Å²) in [6, 6.07) is 0. The molecule has 0 aliphatic carbocycles. The quantitative estimate of drug-likeness (QED) is 0.706. The first kappa shape index (κ1) is 16.2. The number of piperidine rings is 1. The van der Waals surface area contributed by atoms with Crippen LogP contribution in [0.3, 0.4) is 0 Å². The van der Waals surface area contributed by atoms with Gasteiger partial charge in [0.15, 0.2) is 0 Å². The molecular weight excluding hydrogens is 272 g/mol. The van der Waals surface area contributed by atoms with Gasteiger partial charge in [-0.15, -0.1) is 11.6 Å². The molecule has 0 bridgehead atoms. The van der Waals surface area contributed by atoms with Crippen molar-refractivity contribution in [1.82, 2.24) is 8.61 Å². The van der Waals surface area contributed by atoms with Crippen LogP contribution < -0.4 is 0 Å². The Hall–Kier alpha value is 0.160. The Balaban J connectivity index is 2.60. The van der Waals surface area contributed by atoms with Gasteiger partial charge in [-0.3, -0.25) is 0 Å². The molecule has 0 spiro atoms. The molecule has 6 heteroatoms. The lowest BCUT2D eigenvalue weighted by Crippen LogP contribution is -2.47. The van der Waals surface area contributed by atoms with Crippen LogP contribution in [-0.4, -0.2) is 49.6 Å². The summed E-state index contributed by atoms with van der Waals surface area (Å²) in [5, 5.41) is 0. The third-order valence-electron chi connectivity index (χ3n) is 4.11. The normalized spacial score (nSPS) is 21.4. The summed E-state index contributed by atoms with van der Waals surface area (Å²) in [7, 11) is -1.65. The van der Waals surface area contributed by atoms with E-state index in [2.05, 4.69) is 13.8 Å². The van der Waals surface area contributed by atoms with Crippen molar-refractivity contribution < 1.29 is 8.42 Å². The highest BCUT2D eigenvalue weighted by Crippen LogP contribution is 2.35. The van der Waals surface area contributed by atoms with E-state index < -0.39 is 10.2 Å². The van der Waals surface area contributed by atoms with Crippen LogP contribution in [0.15, 0.2) is 0 Å². The van der Waals surface area contributed by atoms with Gasteiger partial charge in [0.2, 0.25) is 0 Å². The molecule has 18 heavy (non-hydrogen) atoms. The Kier molecular flexibility index (Phi) is 5.90. The fourth-order valence-electron chi connectivity index (χ4n) is 2.21. The molecule has 1 heterocycles. The summed E-state index contributed by atoms with van der Waals surface area (Å²) >= 11 is 5.60. The molecule has 108 valence electrons. The van der Waals surface area contributed by atoms with E-state index in [0.29, 0.717) is 37.4 Å². The average molecular weight is 297 g/mol. The van der Waals surface area contributed by atoms with E-state index in [4.69, 9.17) is 11.6 Å². The van der Waals surface area contributed by atoms with E-state index in [1.165, 1.54) is 4.31 Å². The molecule has 0 aromatic carbocycles. The van der Waals surface area contributed by atoms with E-state index >= 15 is 0 Å². The van der Waals surface area contributed by atoms with Crippen LogP contribution in [0.2, 0.25) is 0 Å². The number of halogens is 1. The number of rotatable bonds is 6. The van der Waals surface area contributed by atoms with E-state index in [9.17, 15) is 8.42 Å². The minimum atomic E-state index is -3.28. The highest BCUT2D eigenvalue weighted by Gasteiger charge is 2.35. The van der Waals surface area contributed by atoms with E-state index in [1.807, 2.05) is 0 Å². The molecule has 1 saturated heterocycles. The van der Waals surface area contributed by atoms with Gasteiger partial charge in [0, 0.05) is 32.6 Å². The number of nitrogens with zero attached hydrogens (tertiary/aromatic N) is 2. The maximum absolute atomic E-state index is 12.3. The van der Waals surface area contributed by atoms with Gasteiger partial charge >= 0.3 is 0 Å². The maximum Gasteiger partial charge on any atom is 0.281 e. The van der Waals surface area contributed by atoms with Crippen LogP contribution in [0.25, 0.3) is 0 Å². The average Bonchev–Trinajstić information content (AvgIpc) is 2.36. The van der Waals surface area contributed by atoms with Crippen LogP contribution in [0.1, 0.15) is 39.5 Å². The molecule has 0 aromatic rings. The van der Waals surface area contributed by atoms with Crippen molar-refractivity contribution in [1.29, 1.82) is 0 Å². The van der Waals surface area contributed by atoms with Crippen LogP contribution in [0.5, 0.6) is 0 Å². The summed E-state index contributed by atoms with van der Waals surface area (Å²) in [6.07, 6.45) is 3.71. The molecule has 1 aliphatic rings. The van der Waals surface area contributed by atoms with E-state index in [1.54, 1.807) is 11.4 Å². The van der Waals surface area contributed by atoms with Crippen molar-refractivity contribution in [3.05, 3.63) is 0 Å². The van der Waals surface area contributed by atoms with Gasteiger partial charge in [-0.25, -0.2) is 0 Å². The molecule has 0 radical (unpaired) electrons. The second kappa shape index (κ2) is 6.55. The van der Waals surface area contributed by atoms with E-state index in [-0.39, 0.29) is 0 Å². The zero-order chi connectivity index (χ0) is 13.8. The number of hydrogen-bond acceptors (Lipinski definition) is 2. The molecule has 1 aliphatic heterocycles. The smallest absolute Gasteiger partial charge is 0.195 e. The minimum absolute atomic E-state index is 0.306. The second-order valence-corrected chi connectivity index (χ2v) is 7.85. The van der Waals surface area contributed by atoms with Gasteiger partial charge in [-0.2, -0.15) is 17.0 Å². The largest absolute Gasteiger partial charge is 0.281 e. The Morgan fingerprint density at radius 3 is 2.33 bits per heavy atom. The fourth-order valence-corrected chi connectivity index (χ4v) is 3.72. The van der Waals surface area contributed by atoms with Crippen molar-refractivity contribution in [3.8, 4) is 0 Å². The molecular formula is C12H25ClN2O2S. The molecule has 0 saturated carbocycles. The Bertz CT molecular complexity index is 351. The molecule has 0 unspecified atom stereocenters. The van der Waals surface area contributed by atoms with Gasteiger partial charge in [-0.05, 0) is 24.7 Å². The number of hydrogen-bond donors (Lipinski definition) is 0. The molecule has 1 fully saturated rings. The lowest BCUT2D eigenvalue weighted by molar-refractivity contribution is 0.164. The van der Waals surface area contributed by atoms with Gasteiger partial charge in [0.1, 0.15) is 0 Å².